The number of hydrogen-bond donors (Lipinski definition) is 1. The molecule has 41 heavy (non-hydrogen) atoms. The summed E-state index contributed by atoms with van der Waals surface area (Å²) in [7, 11) is 0. The molecule has 0 fully saturated rings. The molecule has 0 amide bonds. The number of benzene rings is 3. The summed E-state index contributed by atoms with van der Waals surface area (Å²) in [5.41, 5.74) is 5.31. The minimum Gasteiger partial charge on any atom is -0.493 e. The number of carbonyl (C=O) groups is 1. The minimum atomic E-state index is -0.835. The van der Waals surface area contributed by atoms with Crippen molar-refractivity contribution in [3.8, 4) is 34.1 Å². The van der Waals surface area contributed by atoms with E-state index in [9.17, 15) is 4.79 Å². The fourth-order valence-corrected chi connectivity index (χ4v) is 5.77. The number of aliphatic carboxylic acids is 1. The molecule has 1 aliphatic carbocycles. The average molecular weight is 558 g/mol. The van der Waals surface area contributed by atoms with E-state index >= 15 is 8.78 Å². The van der Waals surface area contributed by atoms with E-state index in [-0.39, 0.29) is 18.1 Å². The highest BCUT2D eigenvalue weighted by Gasteiger charge is 2.32. The number of halogens is 2. The number of nitrogens with zero attached hydrogens (tertiary/aromatic N) is 1. The SMILES string of the molecule is Cc1cc(-c2ccc(Oc3ccc(F)c4c3CC[C@H]4Oc3ccc4c(c3)OC[C@H]4CCC(=O)O)c(F)c2)cc(C)n1. The summed E-state index contributed by atoms with van der Waals surface area (Å²) < 4.78 is 48.2. The third-order valence-electron chi connectivity index (χ3n) is 7.66. The van der Waals surface area contributed by atoms with Crippen molar-refractivity contribution >= 4 is 5.97 Å². The van der Waals surface area contributed by atoms with Gasteiger partial charge in [0.15, 0.2) is 11.6 Å². The zero-order valence-electron chi connectivity index (χ0n) is 22.7. The first-order chi connectivity index (χ1) is 19.7. The zero-order valence-corrected chi connectivity index (χ0v) is 22.7. The van der Waals surface area contributed by atoms with Crippen molar-refractivity contribution in [2.45, 2.75) is 51.6 Å². The Kier molecular flexibility index (Phi) is 7.07. The van der Waals surface area contributed by atoms with Crippen LogP contribution >= 0.6 is 0 Å². The number of pyridine rings is 1. The Morgan fingerprint density at radius 2 is 1.76 bits per heavy atom. The van der Waals surface area contributed by atoms with E-state index in [1.807, 2.05) is 32.0 Å². The lowest BCUT2D eigenvalue weighted by Crippen LogP contribution is -2.06. The van der Waals surface area contributed by atoms with E-state index in [4.69, 9.17) is 19.3 Å². The van der Waals surface area contributed by atoms with Crippen LogP contribution in [0.4, 0.5) is 8.78 Å². The van der Waals surface area contributed by atoms with Crippen molar-refractivity contribution in [2.24, 2.45) is 0 Å². The van der Waals surface area contributed by atoms with Crippen molar-refractivity contribution in [3.63, 3.8) is 0 Å². The Morgan fingerprint density at radius 1 is 0.976 bits per heavy atom. The summed E-state index contributed by atoms with van der Waals surface area (Å²) >= 11 is 0. The molecule has 0 unspecified atom stereocenters. The minimum absolute atomic E-state index is 0.0203. The zero-order chi connectivity index (χ0) is 28.7. The maximum atomic E-state index is 15.2. The van der Waals surface area contributed by atoms with E-state index in [0.717, 1.165) is 22.5 Å². The van der Waals surface area contributed by atoms with Crippen LogP contribution in [0.1, 0.15) is 59.4 Å². The molecule has 0 spiro atoms. The topological polar surface area (TPSA) is 77.9 Å². The van der Waals surface area contributed by atoms with Gasteiger partial charge >= 0.3 is 5.97 Å². The monoisotopic (exact) mass is 557 g/mol. The standard InChI is InChI=1S/C33H29F2NO5/c1-18-13-22(14-19(2)36-18)20-3-9-29(27(35)15-20)41-28-11-8-26(34)33-25(28)7-10-30(33)40-23-5-6-24-21(4-12-32(37)38)17-39-31(24)16-23/h3,5-6,8-9,11,13-16,21,30H,4,7,10,12,17H2,1-2H3,(H,37,38)/t21-,30-/m1/s1. The number of aryl methyl sites for hydroxylation is 2. The van der Waals surface area contributed by atoms with Gasteiger partial charge in [-0.1, -0.05) is 12.1 Å². The predicted octanol–water partition coefficient (Wildman–Crippen LogP) is 7.84. The van der Waals surface area contributed by atoms with Crippen molar-refractivity contribution in [3.05, 3.63) is 100 Å². The largest absolute Gasteiger partial charge is 0.493 e. The van der Waals surface area contributed by atoms with Gasteiger partial charge in [0.2, 0.25) is 0 Å². The maximum Gasteiger partial charge on any atom is 0.303 e. The van der Waals surface area contributed by atoms with Crippen LogP contribution in [0.25, 0.3) is 11.1 Å². The van der Waals surface area contributed by atoms with Gasteiger partial charge in [-0.2, -0.15) is 0 Å². The Morgan fingerprint density at radius 3 is 2.51 bits per heavy atom. The van der Waals surface area contributed by atoms with Crippen LogP contribution < -0.4 is 14.2 Å². The Bertz CT molecular complexity index is 1630. The van der Waals surface area contributed by atoms with Gasteiger partial charge in [-0.25, -0.2) is 8.78 Å². The van der Waals surface area contributed by atoms with Crippen LogP contribution in [0.3, 0.4) is 0 Å². The predicted molar refractivity (Wildman–Crippen MR) is 149 cm³/mol. The Balaban J connectivity index is 1.20. The summed E-state index contributed by atoms with van der Waals surface area (Å²) in [6.45, 7) is 4.22. The molecule has 3 aromatic carbocycles. The van der Waals surface area contributed by atoms with Gasteiger partial charge in [0.05, 0.1) is 6.61 Å². The molecule has 2 aliphatic rings. The van der Waals surface area contributed by atoms with Crippen LogP contribution in [0.2, 0.25) is 0 Å². The molecular formula is C33H29F2NO5. The number of aromatic nitrogens is 1. The molecule has 1 N–H and O–H groups in total. The lowest BCUT2D eigenvalue weighted by Gasteiger charge is -2.17. The van der Waals surface area contributed by atoms with E-state index < -0.39 is 23.7 Å². The van der Waals surface area contributed by atoms with E-state index in [0.29, 0.717) is 59.8 Å². The maximum absolute atomic E-state index is 15.2. The van der Waals surface area contributed by atoms with Gasteiger partial charge in [0.1, 0.15) is 29.2 Å². The second kappa shape index (κ2) is 10.8. The van der Waals surface area contributed by atoms with Crippen LogP contribution in [-0.4, -0.2) is 22.7 Å². The number of carboxylic acid groups (broad SMARTS) is 1. The summed E-state index contributed by atoms with van der Waals surface area (Å²) in [5.74, 6) is -0.0842. The molecule has 1 aliphatic heterocycles. The number of ether oxygens (including phenoxy) is 3. The molecule has 0 saturated heterocycles. The molecule has 2 atom stereocenters. The number of rotatable bonds is 8. The molecule has 0 radical (unpaired) electrons. The van der Waals surface area contributed by atoms with Crippen molar-refractivity contribution in [2.75, 3.05) is 6.61 Å². The van der Waals surface area contributed by atoms with Gasteiger partial charge in [0, 0.05) is 46.5 Å². The van der Waals surface area contributed by atoms with Gasteiger partial charge < -0.3 is 19.3 Å². The lowest BCUT2D eigenvalue weighted by molar-refractivity contribution is -0.137. The summed E-state index contributed by atoms with van der Waals surface area (Å²) in [5, 5.41) is 8.99. The van der Waals surface area contributed by atoms with E-state index in [1.165, 1.54) is 18.2 Å². The second-order valence-corrected chi connectivity index (χ2v) is 10.6. The van der Waals surface area contributed by atoms with Crippen molar-refractivity contribution in [1.29, 1.82) is 0 Å². The molecule has 6 nitrogen and oxygen atoms in total. The molecule has 210 valence electrons. The van der Waals surface area contributed by atoms with Crippen LogP contribution in [0.15, 0.2) is 60.7 Å². The summed E-state index contributed by atoms with van der Waals surface area (Å²) in [6.07, 6.45) is 1.08. The van der Waals surface area contributed by atoms with Crippen molar-refractivity contribution in [1.82, 2.24) is 4.98 Å². The lowest BCUT2D eigenvalue weighted by atomic mass is 9.96. The van der Waals surface area contributed by atoms with Crippen LogP contribution in [0.5, 0.6) is 23.0 Å². The Hall–Kier alpha value is -4.46. The highest BCUT2D eigenvalue weighted by atomic mass is 19.1. The Labute approximate surface area is 236 Å². The number of fused-ring (bicyclic) bond motifs is 2. The third kappa shape index (κ3) is 5.46. The first-order valence-electron chi connectivity index (χ1n) is 13.6. The highest BCUT2D eigenvalue weighted by molar-refractivity contribution is 5.67. The van der Waals surface area contributed by atoms with Crippen molar-refractivity contribution < 1.29 is 32.9 Å². The smallest absolute Gasteiger partial charge is 0.303 e. The fourth-order valence-electron chi connectivity index (χ4n) is 5.77. The normalized spacial score (nSPS) is 17.1. The van der Waals surface area contributed by atoms with Gasteiger partial charge in [-0.3, -0.25) is 9.78 Å². The van der Waals surface area contributed by atoms with Crippen LogP contribution in [-0.2, 0) is 11.2 Å². The fraction of sp³-hybridized carbons (Fsp3) is 0.273. The molecule has 0 saturated carbocycles. The molecule has 2 heterocycles. The van der Waals surface area contributed by atoms with E-state index in [1.54, 1.807) is 24.3 Å². The molecule has 6 rings (SSSR count). The second-order valence-electron chi connectivity index (χ2n) is 10.6. The number of hydrogen-bond acceptors (Lipinski definition) is 5. The van der Waals surface area contributed by atoms with Crippen LogP contribution in [0, 0.1) is 25.5 Å². The molecular weight excluding hydrogens is 528 g/mol. The van der Waals surface area contributed by atoms with E-state index in [2.05, 4.69) is 4.98 Å². The molecule has 0 bridgehead atoms. The quantitative estimate of drug-likeness (QED) is 0.238. The average Bonchev–Trinajstić information content (AvgIpc) is 3.54. The van der Waals surface area contributed by atoms with Gasteiger partial charge in [-0.15, -0.1) is 0 Å². The first-order valence-corrected chi connectivity index (χ1v) is 13.6. The van der Waals surface area contributed by atoms with Gasteiger partial charge in [-0.05, 0) is 86.7 Å². The van der Waals surface area contributed by atoms with Gasteiger partial charge in [0.25, 0.3) is 0 Å². The summed E-state index contributed by atoms with van der Waals surface area (Å²) in [4.78, 5) is 15.3. The highest BCUT2D eigenvalue weighted by Crippen LogP contribution is 2.45. The molecule has 4 aromatic rings. The molecule has 1 aromatic heterocycles. The third-order valence-corrected chi connectivity index (χ3v) is 7.66. The number of carboxylic acids is 1. The summed E-state index contributed by atoms with van der Waals surface area (Å²) in [6, 6.07) is 16.9. The molecule has 8 heteroatoms. The first kappa shape index (κ1) is 26.7.